The number of nitrogens with one attached hydrogen (secondary N) is 1. The van der Waals surface area contributed by atoms with E-state index in [0.29, 0.717) is 30.1 Å². The highest BCUT2D eigenvalue weighted by atomic mass is 32.1. The molecule has 134 valence electrons. The van der Waals surface area contributed by atoms with Crippen molar-refractivity contribution in [2.45, 2.75) is 26.7 Å². The van der Waals surface area contributed by atoms with E-state index in [1.807, 2.05) is 38.1 Å². The lowest BCUT2D eigenvalue weighted by molar-refractivity contribution is -0.140. The van der Waals surface area contributed by atoms with Gasteiger partial charge >= 0.3 is 5.97 Å². The van der Waals surface area contributed by atoms with E-state index in [9.17, 15) is 9.59 Å². The summed E-state index contributed by atoms with van der Waals surface area (Å²) in [4.78, 5) is 28.4. The average molecular weight is 362 g/mol. The van der Waals surface area contributed by atoms with Gasteiger partial charge in [-0.05, 0) is 44.5 Å². The Labute approximate surface area is 151 Å². The van der Waals surface area contributed by atoms with Crippen molar-refractivity contribution in [1.29, 1.82) is 0 Å². The maximum atomic E-state index is 12.3. The fraction of sp³-hybridized carbons (Fsp3) is 0.389. The molecule has 0 saturated heterocycles. The second-order valence-electron chi connectivity index (χ2n) is 5.33. The maximum Gasteiger partial charge on any atom is 0.305 e. The van der Waals surface area contributed by atoms with Crippen LogP contribution in [-0.4, -0.2) is 37.1 Å². The number of aromatic nitrogens is 1. The van der Waals surface area contributed by atoms with E-state index in [0.717, 1.165) is 16.3 Å². The Morgan fingerprint density at radius 1 is 1.24 bits per heavy atom. The summed E-state index contributed by atoms with van der Waals surface area (Å²) in [5, 5.41) is 3.61. The van der Waals surface area contributed by atoms with E-state index in [1.165, 1.54) is 18.4 Å². The topological polar surface area (TPSA) is 77.5 Å². The van der Waals surface area contributed by atoms with Crippen molar-refractivity contribution in [1.82, 2.24) is 10.3 Å². The third-order valence-corrected chi connectivity index (χ3v) is 4.69. The quantitative estimate of drug-likeness (QED) is 0.576. The lowest BCUT2D eigenvalue weighted by Gasteiger charge is -2.03. The van der Waals surface area contributed by atoms with Crippen LogP contribution < -0.4 is 10.1 Å². The van der Waals surface area contributed by atoms with Crippen molar-refractivity contribution < 1.29 is 19.1 Å². The SMILES string of the molecule is CCOc1ccc(-c2nc(C)c(C(=O)NCCCC(=O)OC)s2)cc1. The number of ether oxygens (including phenoxy) is 2. The van der Waals surface area contributed by atoms with Crippen molar-refractivity contribution in [2.75, 3.05) is 20.3 Å². The van der Waals surface area contributed by atoms with Crippen LogP contribution in [0.25, 0.3) is 10.6 Å². The van der Waals surface area contributed by atoms with E-state index >= 15 is 0 Å². The summed E-state index contributed by atoms with van der Waals surface area (Å²) >= 11 is 1.35. The molecule has 2 aromatic rings. The molecule has 0 aliphatic heterocycles. The number of carbonyl (C=O) groups is 2. The molecule has 1 aromatic carbocycles. The lowest BCUT2D eigenvalue weighted by Crippen LogP contribution is -2.24. The Morgan fingerprint density at radius 3 is 2.60 bits per heavy atom. The molecule has 1 N–H and O–H groups in total. The third-order valence-electron chi connectivity index (χ3n) is 3.49. The van der Waals surface area contributed by atoms with Gasteiger partial charge in [0.15, 0.2) is 0 Å². The van der Waals surface area contributed by atoms with Gasteiger partial charge in [0, 0.05) is 18.5 Å². The molecule has 0 spiro atoms. The Morgan fingerprint density at radius 2 is 1.96 bits per heavy atom. The number of thiazole rings is 1. The monoisotopic (exact) mass is 362 g/mol. The largest absolute Gasteiger partial charge is 0.494 e. The summed E-state index contributed by atoms with van der Waals surface area (Å²) in [6.07, 6.45) is 0.831. The van der Waals surface area contributed by atoms with E-state index in [-0.39, 0.29) is 18.3 Å². The number of esters is 1. The molecule has 0 atom stereocenters. The lowest BCUT2D eigenvalue weighted by atomic mass is 10.2. The number of carbonyl (C=O) groups excluding carboxylic acids is 2. The van der Waals surface area contributed by atoms with Gasteiger partial charge in [-0.3, -0.25) is 9.59 Å². The molecule has 0 fully saturated rings. The number of benzene rings is 1. The molecule has 0 aliphatic rings. The standard InChI is InChI=1S/C18H22N2O4S/c1-4-24-14-9-7-13(8-10-14)18-20-12(2)16(25-18)17(22)19-11-5-6-15(21)23-3/h7-10H,4-6,11H2,1-3H3,(H,19,22). The van der Waals surface area contributed by atoms with Crippen LogP contribution >= 0.6 is 11.3 Å². The van der Waals surface area contributed by atoms with Gasteiger partial charge in [-0.15, -0.1) is 11.3 Å². The molecule has 6 nitrogen and oxygen atoms in total. The first-order valence-corrected chi connectivity index (χ1v) is 8.92. The van der Waals surface area contributed by atoms with Crippen LogP contribution in [-0.2, 0) is 9.53 Å². The normalized spacial score (nSPS) is 10.4. The van der Waals surface area contributed by atoms with Crippen LogP contribution in [0.1, 0.15) is 35.1 Å². The second-order valence-corrected chi connectivity index (χ2v) is 6.33. The molecule has 1 heterocycles. The Bertz CT molecular complexity index is 725. The highest BCUT2D eigenvalue weighted by Crippen LogP contribution is 2.29. The van der Waals surface area contributed by atoms with Crippen LogP contribution in [0.4, 0.5) is 0 Å². The van der Waals surface area contributed by atoms with Crippen molar-refractivity contribution >= 4 is 23.2 Å². The number of hydrogen-bond donors (Lipinski definition) is 1. The molecule has 0 bridgehead atoms. The third kappa shape index (κ3) is 5.29. The molecule has 0 radical (unpaired) electrons. The van der Waals surface area contributed by atoms with Gasteiger partial charge in [0.05, 0.1) is 19.4 Å². The minimum absolute atomic E-state index is 0.169. The summed E-state index contributed by atoms with van der Waals surface area (Å²) in [6, 6.07) is 7.65. The highest BCUT2D eigenvalue weighted by Gasteiger charge is 2.16. The molecule has 1 aromatic heterocycles. The molecule has 1 amide bonds. The van der Waals surface area contributed by atoms with E-state index < -0.39 is 0 Å². The number of aryl methyl sites for hydroxylation is 1. The van der Waals surface area contributed by atoms with Gasteiger partial charge in [0.2, 0.25) is 0 Å². The van der Waals surface area contributed by atoms with Gasteiger partial charge in [-0.2, -0.15) is 0 Å². The number of methoxy groups -OCH3 is 1. The predicted molar refractivity (Wildman–Crippen MR) is 97.0 cm³/mol. The van der Waals surface area contributed by atoms with Crippen LogP contribution in [0.5, 0.6) is 5.75 Å². The predicted octanol–water partition coefficient (Wildman–Crippen LogP) is 3.20. The van der Waals surface area contributed by atoms with Gasteiger partial charge in [0.1, 0.15) is 15.6 Å². The number of amides is 1. The van der Waals surface area contributed by atoms with Crippen molar-refractivity contribution in [2.24, 2.45) is 0 Å². The smallest absolute Gasteiger partial charge is 0.305 e. The zero-order valence-corrected chi connectivity index (χ0v) is 15.4. The summed E-state index contributed by atoms with van der Waals surface area (Å²) in [7, 11) is 1.35. The summed E-state index contributed by atoms with van der Waals surface area (Å²) in [5.41, 5.74) is 1.64. The summed E-state index contributed by atoms with van der Waals surface area (Å²) in [6.45, 7) is 4.80. The first-order valence-electron chi connectivity index (χ1n) is 8.10. The molecule has 2 rings (SSSR count). The Hall–Kier alpha value is -2.41. The first kappa shape index (κ1) is 18.9. The van der Waals surface area contributed by atoms with Gasteiger partial charge in [0.25, 0.3) is 5.91 Å². The van der Waals surface area contributed by atoms with Crippen LogP contribution in [0, 0.1) is 6.92 Å². The minimum Gasteiger partial charge on any atom is -0.494 e. The molecule has 0 unspecified atom stereocenters. The minimum atomic E-state index is -0.277. The average Bonchev–Trinajstić information content (AvgIpc) is 3.01. The van der Waals surface area contributed by atoms with Crippen molar-refractivity contribution in [3.8, 4) is 16.3 Å². The molecular formula is C18H22N2O4S. The molecule has 25 heavy (non-hydrogen) atoms. The number of hydrogen-bond acceptors (Lipinski definition) is 6. The van der Waals surface area contributed by atoms with Crippen LogP contribution in [0.2, 0.25) is 0 Å². The van der Waals surface area contributed by atoms with Gasteiger partial charge in [-0.1, -0.05) is 0 Å². The zero-order valence-electron chi connectivity index (χ0n) is 14.6. The van der Waals surface area contributed by atoms with E-state index in [1.54, 1.807) is 0 Å². The van der Waals surface area contributed by atoms with Gasteiger partial charge < -0.3 is 14.8 Å². The molecule has 0 saturated carbocycles. The fourth-order valence-electron chi connectivity index (χ4n) is 2.21. The summed E-state index contributed by atoms with van der Waals surface area (Å²) < 4.78 is 10.00. The highest BCUT2D eigenvalue weighted by molar-refractivity contribution is 7.17. The van der Waals surface area contributed by atoms with E-state index in [2.05, 4.69) is 15.0 Å². The molecular weight excluding hydrogens is 340 g/mol. The molecule has 0 aliphatic carbocycles. The number of rotatable bonds is 8. The first-order chi connectivity index (χ1) is 12.0. The van der Waals surface area contributed by atoms with Gasteiger partial charge in [-0.25, -0.2) is 4.98 Å². The zero-order chi connectivity index (χ0) is 18.2. The second kappa shape index (κ2) is 9.17. The Kier molecular flexibility index (Phi) is 6.94. The van der Waals surface area contributed by atoms with Crippen molar-refractivity contribution in [3.63, 3.8) is 0 Å². The molecule has 7 heteroatoms. The van der Waals surface area contributed by atoms with Crippen molar-refractivity contribution in [3.05, 3.63) is 34.8 Å². The number of nitrogens with zero attached hydrogens (tertiary/aromatic N) is 1. The maximum absolute atomic E-state index is 12.3. The summed E-state index contributed by atoms with van der Waals surface area (Å²) in [5.74, 6) is 0.362. The Balaban J connectivity index is 1.98. The van der Waals surface area contributed by atoms with Crippen LogP contribution in [0.3, 0.4) is 0 Å². The fourth-order valence-corrected chi connectivity index (χ4v) is 3.20. The van der Waals surface area contributed by atoms with Crippen LogP contribution in [0.15, 0.2) is 24.3 Å². The van der Waals surface area contributed by atoms with E-state index in [4.69, 9.17) is 4.74 Å².